The lowest BCUT2D eigenvalue weighted by Gasteiger charge is -2.29. The molecule has 5 heteroatoms. The highest BCUT2D eigenvalue weighted by molar-refractivity contribution is 9.10. The van der Waals surface area contributed by atoms with Crippen molar-refractivity contribution in [1.82, 2.24) is 9.88 Å². The van der Waals surface area contributed by atoms with Gasteiger partial charge in [0.15, 0.2) is 0 Å². The Morgan fingerprint density at radius 2 is 2.47 bits per heavy atom. The van der Waals surface area contributed by atoms with Crippen LogP contribution in [0.3, 0.4) is 0 Å². The Hall–Kier alpha value is -0.940. The zero-order valence-corrected chi connectivity index (χ0v) is 12.8. The van der Waals surface area contributed by atoms with E-state index in [1.54, 1.807) is 6.20 Å². The molecule has 2 heterocycles. The SMILES string of the molecule is CN1CCCC(CCC(=O)Nc2cc(Br)ccn2)C1. The number of nitrogens with one attached hydrogen (secondary N) is 1. The number of piperidine rings is 1. The van der Waals surface area contributed by atoms with Crippen LogP contribution in [0, 0.1) is 5.92 Å². The standard InChI is InChI=1S/C14H20BrN3O/c1-18-8-2-3-11(10-18)4-5-14(19)17-13-9-12(15)6-7-16-13/h6-7,9,11H,2-5,8,10H2,1H3,(H,16,17,19). The average Bonchev–Trinajstić information content (AvgIpc) is 2.36. The minimum absolute atomic E-state index is 0.0545. The second kappa shape index (κ2) is 7.01. The summed E-state index contributed by atoms with van der Waals surface area (Å²) in [5.41, 5.74) is 0. The van der Waals surface area contributed by atoms with Crippen molar-refractivity contribution in [2.75, 3.05) is 25.5 Å². The van der Waals surface area contributed by atoms with E-state index in [2.05, 4.69) is 38.2 Å². The first-order valence-corrected chi connectivity index (χ1v) is 7.53. The second-order valence-corrected chi connectivity index (χ2v) is 6.13. The molecule has 19 heavy (non-hydrogen) atoms. The minimum atomic E-state index is 0.0545. The fraction of sp³-hybridized carbons (Fsp3) is 0.571. The third kappa shape index (κ3) is 4.91. The van der Waals surface area contributed by atoms with Crippen molar-refractivity contribution in [3.63, 3.8) is 0 Å². The highest BCUT2D eigenvalue weighted by Gasteiger charge is 2.18. The van der Waals surface area contributed by atoms with E-state index in [0.717, 1.165) is 17.4 Å². The van der Waals surface area contributed by atoms with Crippen molar-refractivity contribution < 1.29 is 4.79 Å². The first-order valence-electron chi connectivity index (χ1n) is 6.73. The molecular weight excluding hydrogens is 306 g/mol. The van der Waals surface area contributed by atoms with Gasteiger partial charge in [0.1, 0.15) is 5.82 Å². The van der Waals surface area contributed by atoms with Gasteiger partial charge in [0.2, 0.25) is 5.91 Å². The molecule has 0 radical (unpaired) electrons. The number of nitrogens with zero attached hydrogens (tertiary/aromatic N) is 2. The molecule has 1 saturated heterocycles. The van der Waals surface area contributed by atoms with Crippen LogP contribution < -0.4 is 5.32 Å². The topological polar surface area (TPSA) is 45.2 Å². The smallest absolute Gasteiger partial charge is 0.225 e. The number of anilines is 1. The molecule has 0 aliphatic carbocycles. The number of pyridine rings is 1. The average molecular weight is 326 g/mol. The molecule has 1 fully saturated rings. The van der Waals surface area contributed by atoms with Gasteiger partial charge >= 0.3 is 0 Å². The quantitative estimate of drug-likeness (QED) is 0.925. The lowest BCUT2D eigenvalue weighted by molar-refractivity contribution is -0.116. The molecule has 1 N–H and O–H groups in total. The number of rotatable bonds is 4. The van der Waals surface area contributed by atoms with Gasteiger partial charge in [-0.1, -0.05) is 15.9 Å². The third-order valence-corrected chi connectivity index (χ3v) is 3.98. The maximum atomic E-state index is 11.9. The van der Waals surface area contributed by atoms with E-state index < -0.39 is 0 Å². The van der Waals surface area contributed by atoms with Gasteiger partial charge in [-0.2, -0.15) is 0 Å². The number of carbonyl (C=O) groups is 1. The summed E-state index contributed by atoms with van der Waals surface area (Å²) in [7, 11) is 2.15. The molecule has 0 spiro atoms. The predicted molar refractivity (Wildman–Crippen MR) is 80.0 cm³/mol. The van der Waals surface area contributed by atoms with Gasteiger partial charge in [0, 0.05) is 23.6 Å². The van der Waals surface area contributed by atoms with Crippen LogP contribution in [0.2, 0.25) is 0 Å². The van der Waals surface area contributed by atoms with Crippen molar-refractivity contribution in [2.45, 2.75) is 25.7 Å². The molecule has 1 atom stereocenters. The highest BCUT2D eigenvalue weighted by Crippen LogP contribution is 2.20. The van der Waals surface area contributed by atoms with Crippen LogP contribution >= 0.6 is 15.9 Å². The van der Waals surface area contributed by atoms with Gasteiger partial charge in [-0.05, 0) is 50.9 Å². The van der Waals surface area contributed by atoms with E-state index in [9.17, 15) is 4.79 Å². The summed E-state index contributed by atoms with van der Waals surface area (Å²) in [5, 5.41) is 2.84. The third-order valence-electron chi connectivity index (χ3n) is 3.49. The summed E-state index contributed by atoms with van der Waals surface area (Å²) in [6.07, 6.45) is 5.70. The van der Waals surface area contributed by atoms with Crippen LogP contribution in [0.5, 0.6) is 0 Å². The number of likely N-dealkylation sites (tertiary alicyclic amines) is 1. The summed E-state index contributed by atoms with van der Waals surface area (Å²) >= 11 is 3.36. The molecule has 1 aromatic rings. The van der Waals surface area contributed by atoms with Gasteiger partial charge < -0.3 is 10.2 Å². The van der Waals surface area contributed by atoms with E-state index in [-0.39, 0.29) is 5.91 Å². The molecule has 1 unspecified atom stereocenters. The predicted octanol–water partition coefficient (Wildman–Crippen LogP) is 2.90. The van der Waals surface area contributed by atoms with Crippen LogP contribution in [0.1, 0.15) is 25.7 Å². The van der Waals surface area contributed by atoms with Crippen LogP contribution in [0.4, 0.5) is 5.82 Å². The van der Waals surface area contributed by atoms with E-state index in [4.69, 9.17) is 0 Å². The molecule has 1 aromatic heterocycles. The van der Waals surface area contributed by atoms with Gasteiger partial charge in [-0.15, -0.1) is 0 Å². The Bertz CT molecular complexity index is 438. The van der Waals surface area contributed by atoms with Crippen LogP contribution in [-0.2, 0) is 4.79 Å². The normalized spacial score (nSPS) is 20.2. The van der Waals surface area contributed by atoms with Crippen molar-refractivity contribution in [2.24, 2.45) is 5.92 Å². The van der Waals surface area contributed by atoms with Crippen molar-refractivity contribution in [3.05, 3.63) is 22.8 Å². The summed E-state index contributed by atoms with van der Waals surface area (Å²) < 4.78 is 0.923. The number of aromatic nitrogens is 1. The summed E-state index contributed by atoms with van der Waals surface area (Å²) in [5.74, 6) is 1.32. The molecule has 1 aliphatic heterocycles. The lowest BCUT2D eigenvalue weighted by atomic mass is 9.93. The first kappa shape index (κ1) is 14.5. The second-order valence-electron chi connectivity index (χ2n) is 5.22. The van der Waals surface area contributed by atoms with Crippen molar-refractivity contribution >= 4 is 27.7 Å². The maximum absolute atomic E-state index is 11.9. The van der Waals surface area contributed by atoms with E-state index in [0.29, 0.717) is 18.2 Å². The molecule has 4 nitrogen and oxygen atoms in total. The number of amides is 1. The molecule has 104 valence electrons. The Morgan fingerprint density at radius 3 is 3.21 bits per heavy atom. The molecule has 2 rings (SSSR count). The van der Waals surface area contributed by atoms with Gasteiger partial charge in [-0.25, -0.2) is 4.98 Å². The van der Waals surface area contributed by atoms with Gasteiger partial charge in [0.05, 0.1) is 0 Å². The molecule has 0 bridgehead atoms. The minimum Gasteiger partial charge on any atom is -0.311 e. The zero-order chi connectivity index (χ0) is 13.7. The van der Waals surface area contributed by atoms with E-state index in [1.807, 2.05) is 12.1 Å². The molecule has 1 aliphatic rings. The fourth-order valence-corrected chi connectivity index (χ4v) is 2.86. The molecule has 1 amide bonds. The monoisotopic (exact) mass is 325 g/mol. The lowest BCUT2D eigenvalue weighted by Crippen LogP contribution is -2.32. The van der Waals surface area contributed by atoms with Crippen LogP contribution in [-0.4, -0.2) is 35.9 Å². The number of carbonyl (C=O) groups excluding carboxylic acids is 1. The Labute approximate surface area is 122 Å². The summed E-state index contributed by atoms with van der Waals surface area (Å²) in [6, 6.07) is 3.65. The number of hydrogen-bond acceptors (Lipinski definition) is 3. The Morgan fingerprint density at radius 1 is 1.63 bits per heavy atom. The van der Waals surface area contributed by atoms with Crippen molar-refractivity contribution in [3.8, 4) is 0 Å². The van der Waals surface area contributed by atoms with Gasteiger partial charge in [0.25, 0.3) is 0 Å². The maximum Gasteiger partial charge on any atom is 0.225 e. The Kier molecular flexibility index (Phi) is 5.34. The van der Waals surface area contributed by atoms with Crippen LogP contribution in [0.15, 0.2) is 22.8 Å². The van der Waals surface area contributed by atoms with E-state index in [1.165, 1.54) is 19.4 Å². The Balaban J connectivity index is 1.75. The first-order chi connectivity index (χ1) is 9.13. The highest BCUT2D eigenvalue weighted by atomic mass is 79.9. The summed E-state index contributed by atoms with van der Waals surface area (Å²) in [6.45, 7) is 2.30. The zero-order valence-electron chi connectivity index (χ0n) is 11.2. The molecular formula is C14H20BrN3O. The van der Waals surface area contributed by atoms with Crippen molar-refractivity contribution in [1.29, 1.82) is 0 Å². The largest absolute Gasteiger partial charge is 0.311 e. The van der Waals surface area contributed by atoms with Crippen LogP contribution in [0.25, 0.3) is 0 Å². The number of halogens is 1. The molecule has 0 aromatic carbocycles. The molecule has 0 saturated carbocycles. The van der Waals surface area contributed by atoms with Gasteiger partial charge in [-0.3, -0.25) is 4.79 Å². The van der Waals surface area contributed by atoms with E-state index >= 15 is 0 Å². The number of hydrogen-bond donors (Lipinski definition) is 1. The summed E-state index contributed by atoms with van der Waals surface area (Å²) in [4.78, 5) is 18.3. The fourth-order valence-electron chi connectivity index (χ4n) is 2.52.